The maximum Gasteiger partial charge on any atom is 0.350 e. The number of carbonyl (C=O) groups excluding carboxylic acids is 2. The zero-order chi connectivity index (χ0) is 14.5. The van der Waals surface area contributed by atoms with Crippen molar-refractivity contribution in [1.82, 2.24) is 0 Å². The summed E-state index contributed by atoms with van der Waals surface area (Å²) < 4.78 is 4.67. The first-order valence-electron chi connectivity index (χ1n) is 6.21. The normalized spacial score (nSPS) is 10.1. The van der Waals surface area contributed by atoms with Crippen LogP contribution in [0.4, 0.5) is 5.69 Å². The highest BCUT2D eigenvalue weighted by molar-refractivity contribution is 7.12. The average Bonchev–Trinajstić information content (AvgIpc) is 2.94. The van der Waals surface area contributed by atoms with Crippen LogP contribution in [0.3, 0.4) is 0 Å². The maximum atomic E-state index is 12.1. The van der Waals surface area contributed by atoms with Crippen LogP contribution in [0.25, 0.3) is 0 Å². The van der Waals surface area contributed by atoms with E-state index in [1.54, 1.807) is 23.6 Å². The molecule has 2 rings (SSSR count). The van der Waals surface area contributed by atoms with Crippen molar-refractivity contribution in [2.24, 2.45) is 0 Å². The number of thiophene rings is 1. The van der Waals surface area contributed by atoms with E-state index >= 15 is 0 Å². The van der Waals surface area contributed by atoms with E-state index in [4.69, 9.17) is 0 Å². The molecule has 0 aliphatic rings. The minimum atomic E-state index is -0.448. The molecule has 0 aliphatic carbocycles. The fourth-order valence-electron chi connectivity index (χ4n) is 1.74. The third kappa shape index (κ3) is 3.05. The van der Waals surface area contributed by atoms with Crippen molar-refractivity contribution in [2.45, 2.75) is 13.3 Å². The lowest BCUT2D eigenvalue weighted by Gasteiger charge is -2.06. The van der Waals surface area contributed by atoms with Crippen LogP contribution in [0, 0.1) is 0 Å². The first kappa shape index (κ1) is 14.3. The molecule has 1 amide bonds. The van der Waals surface area contributed by atoms with Gasteiger partial charge in [-0.1, -0.05) is 19.1 Å². The van der Waals surface area contributed by atoms with Crippen LogP contribution < -0.4 is 5.32 Å². The summed E-state index contributed by atoms with van der Waals surface area (Å²) in [5, 5.41) is 4.47. The number of hydrogen-bond acceptors (Lipinski definition) is 4. The van der Waals surface area contributed by atoms with Gasteiger partial charge in [-0.2, -0.15) is 0 Å². The molecule has 4 nitrogen and oxygen atoms in total. The van der Waals surface area contributed by atoms with E-state index in [-0.39, 0.29) is 5.91 Å². The molecule has 1 heterocycles. The highest BCUT2D eigenvalue weighted by Gasteiger charge is 2.16. The van der Waals surface area contributed by atoms with Gasteiger partial charge in [-0.15, -0.1) is 11.3 Å². The predicted octanol–water partition coefficient (Wildman–Crippen LogP) is 3.35. The number of hydrogen-bond donors (Lipinski definition) is 1. The van der Waals surface area contributed by atoms with E-state index < -0.39 is 5.97 Å². The summed E-state index contributed by atoms with van der Waals surface area (Å²) in [6, 6.07) is 9.08. The average molecular weight is 289 g/mol. The summed E-state index contributed by atoms with van der Waals surface area (Å²) in [4.78, 5) is 24.0. The number of benzene rings is 1. The van der Waals surface area contributed by atoms with Gasteiger partial charge in [0.05, 0.1) is 12.8 Å². The van der Waals surface area contributed by atoms with Gasteiger partial charge in [0.2, 0.25) is 0 Å². The predicted molar refractivity (Wildman–Crippen MR) is 79.4 cm³/mol. The van der Waals surface area contributed by atoms with Crippen molar-refractivity contribution >= 4 is 28.9 Å². The molecule has 0 saturated heterocycles. The van der Waals surface area contributed by atoms with Crippen LogP contribution in [0.15, 0.2) is 35.7 Å². The van der Waals surface area contributed by atoms with Crippen LogP contribution in [0.5, 0.6) is 0 Å². The Morgan fingerprint density at radius 1 is 1.20 bits per heavy atom. The van der Waals surface area contributed by atoms with Crippen LogP contribution in [0.2, 0.25) is 0 Å². The van der Waals surface area contributed by atoms with E-state index in [2.05, 4.69) is 17.0 Å². The first-order chi connectivity index (χ1) is 9.65. The van der Waals surface area contributed by atoms with Crippen molar-refractivity contribution in [3.8, 4) is 0 Å². The molecule has 0 radical (unpaired) electrons. The Labute approximate surface area is 121 Å². The summed E-state index contributed by atoms with van der Waals surface area (Å²) >= 11 is 1.24. The largest absolute Gasteiger partial charge is 0.465 e. The van der Waals surface area contributed by atoms with Crippen molar-refractivity contribution in [3.05, 3.63) is 51.7 Å². The molecule has 1 N–H and O–H groups in total. The lowest BCUT2D eigenvalue weighted by molar-refractivity contribution is 0.0607. The second-order valence-corrected chi connectivity index (χ2v) is 5.08. The molecule has 0 atom stereocenters. The van der Waals surface area contributed by atoms with Gasteiger partial charge in [-0.05, 0) is 35.6 Å². The summed E-state index contributed by atoms with van der Waals surface area (Å²) in [5.41, 5.74) is 2.21. The fourth-order valence-corrected chi connectivity index (χ4v) is 2.51. The third-order valence-electron chi connectivity index (χ3n) is 2.91. The standard InChI is InChI=1S/C15H15NO3S/c1-3-10-4-6-11(7-5-10)14(17)16-12-8-9-20-13(12)15(18)19-2/h4-9H,3H2,1-2H3,(H,16,17). The van der Waals surface area contributed by atoms with Gasteiger partial charge in [0.15, 0.2) is 0 Å². The molecule has 1 aromatic heterocycles. The number of aryl methyl sites for hydroxylation is 1. The van der Waals surface area contributed by atoms with Gasteiger partial charge in [-0.25, -0.2) is 4.79 Å². The van der Waals surface area contributed by atoms with Gasteiger partial charge in [0.1, 0.15) is 4.88 Å². The van der Waals surface area contributed by atoms with E-state index in [1.807, 2.05) is 12.1 Å². The Bertz CT molecular complexity index is 616. The number of esters is 1. The topological polar surface area (TPSA) is 55.4 Å². The molecule has 1 aromatic carbocycles. The highest BCUT2D eigenvalue weighted by Crippen LogP contribution is 2.23. The molecule has 0 unspecified atom stereocenters. The van der Waals surface area contributed by atoms with Crippen LogP contribution in [-0.4, -0.2) is 19.0 Å². The summed E-state index contributed by atoms with van der Waals surface area (Å²) in [6.07, 6.45) is 0.929. The van der Waals surface area contributed by atoms with E-state index in [1.165, 1.54) is 24.0 Å². The number of ether oxygens (including phenoxy) is 1. The smallest absolute Gasteiger partial charge is 0.350 e. The Morgan fingerprint density at radius 2 is 1.90 bits per heavy atom. The minimum absolute atomic E-state index is 0.240. The minimum Gasteiger partial charge on any atom is -0.465 e. The Hall–Kier alpha value is -2.14. The quantitative estimate of drug-likeness (QED) is 0.878. The van der Waals surface area contributed by atoms with E-state index in [0.29, 0.717) is 16.1 Å². The molecule has 2 aromatic rings. The number of amides is 1. The van der Waals surface area contributed by atoms with Gasteiger partial charge < -0.3 is 10.1 Å². The Balaban J connectivity index is 2.15. The molecule has 20 heavy (non-hydrogen) atoms. The maximum absolute atomic E-state index is 12.1. The monoisotopic (exact) mass is 289 g/mol. The number of nitrogens with one attached hydrogen (secondary N) is 1. The lowest BCUT2D eigenvalue weighted by Crippen LogP contribution is -2.13. The number of rotatable bonds is 4. The molecule has 0 bridgehead atoms. The van der Waals surface area contributed by atoms with Crippen molar-refractivity contribution in [2.75, 3.05) is 12.4 Å². The molecule has 104 valence electrons. The zero-order valence-electron chi connectivity index (χ0n) is 11.3. The zero-order valence-corrected chi connectivity index (χ0v) is 12.1. The third-order valence-corrected chi connectivity index (χ3v) is 3.80. The Morgan fingerprint density at radius 3 is 2.50 bits per heavy atom. The summed E-state index contributed by atoms with van der Waals surface area (Å²) in [7, 11) is 1.32. The van der Waals surface area contributed by atoms with Gasteiger partial charge in [0.25, 0.3) is 5.91 Å². The van der Waals surface area contributed by atoms with Crippen LogP contribution in [0.1, 0.15) is 32.5 Å². The number of carbonyl (C=O) groups is 2. The molecular weight excluding hydrogens is 274 g/mol. The molecule has 0 fully saturated rings. The van der Waals surface area contributed by atoms with Gasteiger partial charge in [0, 0.05) is 5.56 Å². The number of methoxy groups -OCH3 is 1. The van der Waals surface area contributed by atoms with Crippen molar-refractivity contribution in [1.29, 1.82) is 0 Å². The van der Waals surface area contributed by atoms with Crippen molar-refractivity contribution in [3.63, 3.8) is 0 Å². The van der Waals surface area contributed by atoms with Gasteiger partial charge >= 0.3 is 5.97 Å². The van der Waals surface area contributed by atoms with Gasteiger partial charge in [-0.3, -0.25) is 4.79 Å². The second kappa shape index (κ2) is 6.34. The second-order valence-electron chi connectivity index (χ2n) is 4.16. The summed E-state index contributed by atoms with van der Waals surface area (Å²) in [5.74, 6) is -0.687. The SMILES string of the molecule is CCc1ccc(C(=O)Nc2ccsc2C(=O)OC)cc1. The van der Waals surface area contributed by atoms with E-state index in [0.717, 1.165) is 6.42 Å². The first-order valence-corrected chi connectivity index (χ1v) is 7.09. The summed E-state index contributed by atoms with van der Waals surface area (Å²) in [6.45, 7) is 2.06. The highest BCUT2D eigenvalue weighted by atomic mass is 32.1. The molecule has 0 spiro atoms. The van der Waals surface area contributed by atoms with Crippen LogP contribution >= 0.6 is 11.3 Å². The fraction of sp³-hybridized carbons (Fsp3) is 0.200. The van der Waals surface area contributed by atoms with Crippen molar-refractivity contribution < 1.29 is 14.3 Å². The molecule has 0 saturated carbocycles. The molecule has 0 aliphatic heterocycles. The van der Waals surface area contributed by atoms with E-state index in [9.17, 15) is 9.59 Å². The number of anilines is 1. The molecule has 5 heteroatoms. The Kier molecular flexibility index (Phi) is 4.53. The lowest BCUT2D eigenvalue weighted by atomic mass is 10.1. The molecular formula is C15H15NO3S. The van der Waals surface area contributed by atoms with Crippen LogP contribution in [-0.2, 0) is 11.2 Å².